The van der Waals surface area contributed by atoms with Crippen molar-refractivity contribution in [3.05, 3.63) is 102 Å². The van der Waals surface area contributed by atoms with E-state index in [9.17, 15) is 4.79 Å². The van der Waals surface area contributed by atoms with Gasteiger partial charge in [-0.15, -0.1) is 33.3 Å². The van der Waals surface area contributed by atoms with E-state index in [1.165, 1.54) is 33.6 Å². The fraction of sp³-hybridized carbons (Fsp3) is 0.111. The molecule has 1 N–H and O–H groups in total. The zero-order valence-electron chi connectivity index (χ0n) is 19.5. The Morgan fingerprint density at radius 3 is 2.39 bits per heavy atom. The summed E-state index contributed by atoms with van der Waals surface area (Å²) in [7, 11) is 0. The molecule has 180 valence electrons. The van der Waals surface area contributed by atoms with Crippen molar-refractivity contribution in [2.24, 2.45) is 0 Å². The van der Waals surface area contributed by atoms with Gasteiger partial charge >= 0.3 is 0 Å². The predicted octanol–water partition coefficient (Wildman–Crippen LogP) is 6.72. The molecule has 9 heteroatoms. The number of carbonyl (C=O) groups is 1. The summed E-state index contributed by atoms with van der Waals surface area (Å²) in [6.07, 6.45) is 0. The molecular weight excluding hydrogens is 507 g/mol. The molecule has 0 aliphatic carbocycles. The zero-order valence-corrected chi connectivity index (χ0v) is 21.9. The Kier molecular flexibility index (Phi) is 7.80. The van der Waals surface area contributed by atoms with Crippen LogP contribution in [-0.4, -0.2) is 31.4 Å². The van der Waals surface area contributed by atoms with Gasteiger partial charge < -0.3 is 5.32 Å². The Bertz CT molecular complexity index is 1430. The molecule has 3 aromatic carbocycles. The molecule has 2 heterocycles. The molecule has 0 spiro atoms. The van der Waals surface area contributed by atoms with E-state index < -0.39 is 0 Å². The average molecular weight is 530 g/mol. The minimum Gasteiger partial charge on any atom is -0.301 e. The number of nitrogens with one attached hydrogen (secondary N) is 1. The molecule has 1 amide bonds. The van der Waals surface area contributed by atoms with Crippen molar-refractivity contribution in [2.75, 3.05) is 11.1 Å². The maximum atomic E-state index is 12.7. The van der Waals surface area contributed by atoms with E-state index in [2.05, 4.69) is 51.7 Å². The van der Waals surface area contributed by atoms with Gasteiger partial charge in [0, 0.05) is 21.5 Å². The average Bonchev–Trinajstić information content (AvgIpc) is 3.55. The van der Waals surface area contributed by atoms with Crippen LogP contribution in [0.25, 0.3) is 16.9 Å². The summed E-state index contributed by atoms with van der Waals surface area (Å²) in [6, 6.07) is 28.4. The summed E-state index contributed by atoms with van der Waals surface area (Å²) in [4.78, 5) is 18.4. The first kappa shape index (κ1) is 24.3. The van der Waals surface area contributed by atoms with E-state index in [0.717, 1.165) is 22.8 Å². The van der Waals surface area contributed by atoms with Gasteiger partial charge in [-0.05, 0) is 31.2 Å². The van der Waals surface area contributed by atoms with Gasteiger partial charge in [-0.2, -0.15) is 0 Å². The maximum absolute atomic E-state index is 12.7. The first-order valence-corrected chi connectivity index (χ1v) is 14.1. The van der Waals surface area contributed by atoms with E-state index in [1.54, 1.807) is 11.8 Å². The minimum absolute atomic E-state index is 0.132. The summed E-state index contributed by atoms with van der Waals surface area (Å²) in [5.74, 6) is 1.57. The van der Waals surface area contributed by atoms with Crippen LogP contribution in [0.5, 0.6) is 0 Å². The quantitative estimate of drug-likeness (QED) is 0.214. The highest BCUT2D eigenvalue weighted by Gasteiger charge is 2.17. The molecule has 2 aromatic heterocycles. The number of para-hydroxylation sites is 1. The number of thioether (sulfide) groups is 2. The molecule has 0 unspecified atom stereocenters. The van der Waals surface area contributed by atoms with Crippen LogP contribution in [0.3, 0.4) is 0 Å². The Morgan fingerprint density at radius 1 is 0.917 bits per heavy atom. The largest absolute Gasteiger partial charge is 0.301 e. The Labute approximate surface area is 222 Å². The Balaban J connectivity index is 1.27. The van der Waals surface area contributed by atoms with Gasteiger partial charge in [0.2, 0.25) is 5.91 Å². The van der Waals surface area contributed by atoms with Crippen molar-refractivity contribution in [1.82, 2.24) is 19.7 Å². The third kappa shape index (κ3) is 6.04. The standard InChI is InChI=1S/C27H23N5OS3/c1-19-12-14-22(15-13-19)34-17-24-30-31-27(32(24)21-10-6-3-7-11-21)36-18-25(33)29-26-28-23(16-35-26)20-8-4-2-5-9-20/h2-16H,17-18H2,1H3,(H,28,29,33). The van der Waals surface area contributed by atoms with Gasteiger partial charge in [-0.1, -0.05) is 78.0 Å². The first-order chi connectivity index (χ1) is 17.7. The second-order valence-corrected chi connectivity index (χ2v) is 10.8. The summed E-state index contributed by atoms with van der Waals surface area (Å²) in [5.41, 5.74) is 4.08. The fourth-order valence-electron chi connectivity index (χ4n) is 3.46. The molecule has 0 fully saturated rings. The number of amides is 1. The van der Waals surface area contributed by atoms with Crippen LogP contribution in [-0.2, 0) is 10.5 Å². The molecular formula is C27H23N5OS3. The minimum atomic E-state index is -0.132. The van der Waals surface area contributed by atoms with Crippen LogP contribution in [0, 0.1) is 6.92 Å². The molecule has 0 aliphatic heterocycles. The SMILES string of the molecule is Cc1ccc(SCc2nnc(SCC(=O)Nc3nc(-c4ccccc4)cs3)n2-c2ccccc2)cc1. The molecule has 6 nitrogen and oxygen atoms in total. The molecule has 5 aromatic rings. The molecule has 0 aliphatic rings. The first-order valence-electron chi connectivity index (χ1n) is 11.3. The summed E-state index contributed by atoms with van der Waals surface area (Å²) in [5, 5.41) is 15.0. The second kappa shape index (κ2) is 11.6. The fourth-order valence-corrected chi connectivity index (χ4v) is 5.78. The molecule has 0 atom stereocenters. The number of aryl methyl sites for hydroxylation is 1. The van der Waals surface area contributed by atoms with Crippen LogP contribution in [0.15, 0.2) is 100 Å². The zero-order chi connectivity index (χ0) is 24.7. The summed E-state index contributed by atoms with van der Waals surface area (Å²) < 4.78 is 2.02. The number of nitrogens with zero attached hydrogens (tertiary/aromatic N) is 4. The normalized spacial score (nSPS) is 10.9. The smallest absolute Gasteiger partial charge is 0.236 e. The Morgan fingerprint density at radius 2 is 1.64 bits per heavy atom. The van der Waals surface area contributed by atoms with Crippen molar-refractivity contribution in [3.8, 4) is 16.9 Å². The van der Waals surface area contributed by atoms with Crippen LogP contribution in [0.4, 0.5) is 5.13 Å². The lowest BCUT2D eigenvalue weighted by molar-refractivity contribution is -0.113. The number of rotatable bonds is 9. The van der Waals surface area contributed by atoms with E-state index in [4.69, 9.17) is 0 Å². The van der Waals surface area contributed by atoms with Crippen molar-refractivity contribution in [3.63, 3.8) is 0 Å². The highest BCUT2D eigenvalue weighted by Crippen LogP contribution is 2.28. The lowest BCUT2D eigenvalue weighted by Crippen LogP contribution is -2.14. The van der Waals surface area contributed by atoms with Crippen LogP contribution < -0.4 is 5.32 Å². The second-order valence-electron chi connectivity index (χ2n) is 7.91. The van der Waals surface area contributed by atoms with Crippen molar-refractivity contribution < 1.29 is 4.79 Å². The molecule has 0 bridgehead atoms. The van der Waals surface area contributed by atoms with Gasteiger partial charge in [0.05, 0.1) is 17.2 Å². The third-order valence-electron chi connectivity index (χ3n) is 5.26. The number of benzene rings is 3. The lowest BCUT2D eigenvalue weighted by atomic mass is 10.2. The molecule has 5 rings (SSSR count). The van der Waals surface area contributed by atoms with Crippen molar-refractivity contribution in [2.45, 2.75) is 22.7 Å². The Hall–Kier alpha value is -3.40. The van der Waals surface area contributed by atoms with E-state index in [-0.39, 0.29) is 11.7 Å². The number of hydrogen-bond donors (Lipinski definition) is 1. The maximum Gasteiger partial charge on any atom is 0.236 e. The van der Waals surface area contributed by atoms with Crippen LogP contribution in [0.2, 0.25) is 0 Å². The topological polar surface area (TPSA) is 72.7 Å². The summed E-state index contributed by atoms with van der Waals surface area (Å²) >= 11 is 4.49. The van der Waals surface area contributed by atoms with Gasteiger partial charge in [0.25, 0.3) is 0 Å². The van der Waals surface area contributed by atoms with Crippen molar-refractivity contribution in [1.29, 1.82) is 0 Å². The van der Waals surface area contributed by atoms with Gasteiger partial charge in [0.15, 0.2) is 10.3 Å². The molecule has 36 heavy (non-hydrogen) atoms. The van der Waals surface area contributed by atoms with Crippen LogP contribution >= 0.6 is 34.9 Å². The predicted molar refractivity (Wildman–Crippen MR) is 149 cm³/mol. The van der Waals surface area contributed by atoms with E-state index >= 15 is 0 Å². The highest BCUT2D eigenvalue weighted by molar-refractivity contribution is 7.99. The number of thiazole rings is 1. The molecule has 0 saturated carbocycles. The molecule has 0 saturated heterocycles. The monoisotopic (exact) mass is 529 g/mol. The lowest BCUT2D eigenvalue weighted by Gasteiger charge is -2.10. The summed E-state index contributed by atoms with van der Waals surface area (Å²) in [6.45, 7) is 2.08. The molecule has 0 radical (unpaired) electrons. The van der Waals surface area contributed by atoms with Crippen molar-refractivity contribution >= 4 is 45.9 Å². The number of anilines is 1. The third-order valence-corrected chi connectivity index (χ3v) is 7.95. The van der Waals surface area contributed by atoms with Crippen LogP contribution in [0.1, 0.15) is 11.4 Å². The number of carbonyl (C=O) groups excluding carboxylic acids is 1. The van der Waals surface area contributed by atoms with Gasteiger partial charge in [-0.25, -0.2) is 4.98 Å². The number of aromatic nitrogens is 4. The van der Waals surface area contributed by atoms with Gasteiger partial charge in [0.1, 0.15) is 5.82 Å². The van der Waals surface area contributed by atoms with E-state index in [0.29, 0.717) is 16.0 Å². The van der Waals surface area contributed by atoms with E-state index in [1.807, 2.05) is 70.6 Å². The number of hydrogen-bond acceptors (Lipinski definition) is 7. The van der Waals surface area contributed by atoms with Gasteiger partial charge in [-0.3, -0.25) is 9.36 Å². The highest BCUT2D eigenvalue weighted by atomic mass is 32.2.